The van der Waals surface area contributed by atoms with E-state index in [1.54, 1.807) is 7.11 Å². The van der Waals surface area contributed by atoms with Gasteiger partial charge in [0.25, 0.3) is 0 Å². The van der Waals surface area contributed by atoms with E-state index in [1.807, 2.05) is 0 Å². The Morgan fingerprint density at radius 3 is 2.42 bits per heavy atom. The summed E-state index contributed by atoms with van der Waals surface area (Å²) in [5.41, 5.74) is -0.515. The van der Waals surface area contributed by atoms with Gasteiger partial charge >= 0.3 is 0 Å². The molecule has 0 radical (unpaired) electrons. The number of fused-ring (bicyclic) bond motifs is 5. The van der Waals surface area contributed by atoms with Crippen LogP contribution in [-0.4, -0.2) is 62.5 Å². The smallest absolute Gasteiger partial charge is 0.233 e. The van der Waals surface area contributed by atoms with Gasteiger partial charge in [-0.2, -0.15) is 0 Å². The van der Waals surface area contributed by atoms with Gasteiger partial charge in [0.2, 0.25) is 17.7 Å². The Morgan fingerprint density at radius 2 is 1.85 bits per heavy atom. The quantitative estimate of drug-likeness (QED) is 0.511. The molecule has 2 aliphatic heterocycles. The summed E-state index contributed by atoms with van der Waals surface area (Å²) in [5, 5.41) is 6.20. The first kappa shape index (κ1) is 17.7. The molecule has 4 unspecified atom stereocenters. The summed E-state index contributed by atoms with van der Waals surface area (Å²) in [6.07, 6.45) is 6.58. The number of likely N-dealkylation sites (tertiary alicyclic amines) is 1. The monoisotopic (exact) mass is 361 g/mol. The van der Waals surface area contributed by atoms with Gasteiger partial charge in [0.1, 0.15) is 0 Å². The lowest BCUT2D eigenvalue weighted by molar-refractivity contribution is -0.142. The molecule has 3 fully saturated rings. The Labute approximate surface area is 153 Å². The Morgan fingerprint density at radius 1 is 1.23 bits per heavy atom. The molecule has 2 N–H and O–H groups in total. The molecule has 4 aliphatic rings. The Kier molecular flexibility index (Phi) is 4.61. The van der Waals surface area contributed by atoms with Crippen molar-refractivity contribution >= 4 is 17.7 Å². The van der Waals surface area contributed by atoms with E-state index in [1.165, 1.54) is 4.90 Å². The minimum atomic E-state index is -0.515. The Balaban J connectivity index is 1.34. The van der Waals surface area contributed by atoms with Crippen LogP contribution in [0.4, 0.5) is 0 Å². The maximum Gasteiger partial charge on any atom is 0.233 e. The van der Waals surface area contributed by atoms with Crippen molar-refractivity contribution in [1.82, 2.24) is 15.5 Å². The molecule has 0 spiro atoms. The highest BCUT2D eigenvalue weighted by Crippen LogP contribution is 2.52. The van der Waals surface area contributed by atoms with E-state index in [0.717, 1.165) is 32.4 Å². The molecule has 2 aliphatic carbocycles. The molecule has 4 rings (SSSR count). The molecule has 2 saturated heterocycles. The second kappa shape index (κ2) is 6.78. The lowest BCUT2D eigenvalue weighted by Gasteiger charge is -2.35. The number of imide groups is 1. The van der Waals surface area contributed by atoms with Crippen LogP contribution in [0.1, 0.15) is 19.3 Å². The molecule has 4 atom stereocenters. The lowest BCUT2D eigenvalue weighted by Crippen LogP contribution is -2.51. The average Bonchev–Trinajstić information content (AvgIpc) is 3.32. The van der Waals surface area contributed by atoms with Crippen LogP contribution in [0.5, 0.6) is 0 Å². The standard InChI is InChI=1S/C19H27N3O4/c1-26-11-19(4-6-20-7-5-19)18(25)21-8-9-22-16(23)14-12-2-3-13(10-12)15(14)17(22)24/h2-3,12-15,20H,4-11H2,1H3,(H,21,25). The molecule has 2 bridgehead atoms. The third-order valence-corrected chi connectivity index (χ3v) is 6.65. The number of hydrogen-bond acceptors (Lipinski definition) is 5. The van der Waals surface area contributed by atoms with Gasteiger partial charge in [-0.3, -0.25) is 19.3 Å². The Hall–Kier alpha value is -1.73. The van der Waals surface area contributed by atoms with Gasteiger partial charge in [0, 0.05) is 20.2 Å². The van der Waals surface area contributed by atoms with Crippen molar-refractivity contribution in [2.24, 2.45) is 29.1 Å². The van der Waals surface area contributed by atoms with Crippen LogP contribution in [0.3, 0.4) is 0 Å². The minimum Gasteiger partial charge on any atom is -0.384 e. The van der Waals surface area contributed by atoms with Crippen molar-refractivity contribution < 1.29 is 19.1 Å². The number of piperidine rings is 1. The summed E-state index contributed by atoms with van der Waals surface area (Å²) >= 11 is 0. The van der Waals surface area contributed by atoms with Gasteiger partial charge in [0.15, 0.2) is 0 Å². The van der Waals surface area contributed by atoms with E-state index in [0.29, 0.717) is 13.2 Å². The largest absolute Gasteiger partial charge is 0.384 e. The highest BCUT2D eigenvalue weighted by atomic mass is 16.5. The number of rotatable bonds is 6. The summed E-state index contributed by atoms with van der Waals surface area (Å²) in [6.45, 7) is 2.54. The SMILES string of the molecule is COCC1(C(=O)NCCN2C(=O)C3C4C=CC(C4)C3C2=O)CCNCC1. The zero-order valence-corrected chi connectivity index (χ0v) is 15.2. The molecule has 7 nitrogen and oxygen atoms in total. The first-order chi connectivity index (χ1) is 12.6. The summed E-state index contributed by atoms with van der Waals surface area (Å²) < 4.78 is 5.29. The molecule has 3 amide bonds. The first-order valence-electron chi connectivity index (χ1n) is 9.59. The predicted octanol–water partition coefficient (Wildman–Crippen LogP) is -0.0741. The van der Waals surface area contributed by atoms with Gasteiger partial charge < -0.3 is 15.4 Å². The van der Waals surface area contributed by atoms with E-state index in [2.05, 4.69) is 22.8 Å². The molecule has 2 heterocycles. The maximum absolute atomic E-state index is 12.7. The molecule has 0 aromatic rings. The molecule has 142 valence electrons. The number of allylic oxidation sites excluding steroid dienone is 2. The number of nitrogens with zero attached hydrogens (tertiary/aromatic N) is 1. The molecule has 26 heavy (non-hydrogen) atoms. The van der Waals surface area contributed by atoms with E-state index in [9.17, 15) is 14.4 Å². The molecular weight excluding hydrogens is 334 g/mol. The highest BCUT2D eigenvalue weighted by Gasteiger charge is 2.59. The third-order valence-electron chi connectivity index (χ3n) is 6.65. The van der Waals surface area contributed by atoms with Crippen LogP contribution < -0.4 is 10.6 Å². The van der Waals surface area contributed by atoms with Crippen molar-refractivity contribution in [2.75, 3.05) is 39.9 Å². The van der Waals surface area contributed by atoms with Crippen molar-refractivity contribution in [3.63, 3.8) is 0 Å². The molecule has 7 heteroatoms. The topological polar surface area (TPSA) is 87.7 Å². The zero-order valence-electron chi connectivity index (χ0n) is 15.2. The highest BCUT2D eigenvalue weighted by molar-refractivity contribution is 6.06. The predicted molar refractivity (Wildman–Crippen MR) is 93.9 cm³/mol. The molecular formula is C19H27N3O4. The minimum absolute atomic E-state index is 0.0399. The lowest BCUT2D eigenvalue weighted by atomic mass is 9.78. The van der Waals surface area contributed by atoms with E-state index >= 15 is 0 Å². The summed E-state index contributed by atoms with van der Waals surface area (Å²) in [6, 6.07) is 0. The normalized spacial score (nSPS) is 34.4. The number of amides is 3. The van der Waals surface area contributed by atoms with Gasteiger partial charge in [-0.05, 0) is 44.2 Å². The molecule has 0 aromatic heterocycles. The van der Waals surface area contributed by atoms with Crippen molar-refractivity contribution in [3.8, 4) is 0 Å². The van der Waals surface area contributed by atoms with E-state index in [4.69, 9.17) is 4.74 Å². The van der Waals surface area contributed by atoms with Gasteiger partial charge in [-0.15, -0.1) is 0 Å². The number of hydrogen-bond donors (Lipinski definition) is 2. The second-order valence-electron chi connectivity index (χ2n) is 8.05. The van der Waals surface area contributed by atoms with Gasteiger partial charge in [-0.1, -0.05) is 12.2 Å². The number of nitrogens with one attached hydrogen (secondary N) is 2. The van der Waals surface area contributed by atoms with Crippen molar-refractivity contribution in [1.29, 1.82) is 0 Å². The van der Waals surface area contributed by atoms with Crippen LogP contribution in [0.15, 0.2) is 12.2 Å². The summed E-state index contributed by atoms with van der Waals surface area (Å²) in [7, 11) is 1.61. The second-order valence-corrected chi connectivity index (χ2v) is 8.05. The van der Waals surface area contributed by atoms with Crippen LogP contribution in [0.25, 0.3) is 0 Å². The number of carbonyl (C=O) groups is 3. The van der Waals surface area contributed by atoms with Crippen LogP contribution in [0, 0.1) is 29.1 Å². The van der Waals surface area contributed by atoms with Crippen LogP contribution in [-0.2, 0) is 19.1 Å². The van der Waals surface area contributed by atoms with Crippen molar-refractivity contribution in [2.45, 2.75) is 19.3 Å². The number of carbonyl (C=O) groups excluding carboxylic acids is 3. The maximum atomic E-state index is 12.7. The molecule has 1 saturated carbocycles. The van der Waals surface area contributed by atoms with E-state index in [-0.39, 0.29) is 47.9 Å². The fourth-order valence-electron chi connectivity index (χ4n) is 5.27. The summed E-state index contributed by atoms with van der Waals surface area (Å²) in [5.74, 6) is -0.0440. The number of ether oxygens (including phenoxy) is 1. The zero-order chi connectivity index (χ0) is 18.3. The fourth-order valence-corrected chi connectivity index (χ4v) is 5.27. The van der Waals surface area contributed by atoms with Crippen LogP contribution >= 0.6 is 0 Å². The van der Waals surface area contributed by atoms with Crippen molar-refractivity contribution in [3.05, 3.63) is 12.2 Å². The third kappa shape index (κ3) is 2.68. The van der Waals surface area contributed by atoms with Crippen LogP contribution in [0.2, 0.25) is 0 Å². The van der Waals surface area contributed by atoms with E-state index < -0.39 is 5.41 Å². The molecule has 0 aromatic carbocycles. The fraction of sp³-hybridized carbons (Fsp3) is 0.737. The van der Waals surface area contributed by atoms with Gasteiger partial charge in [-0.25, -0.2) is 0 Å². The summed E-state index contributed by atoms with van der Waals surface area (Å²) in [4.78, 5) is 39.4. The number of methoxy groups -OCH3 is 1. The first-order valence-corrected chi connectivity index (χ1v) is 9.59. The van der Waals surface area contributed by atoms with Gasteiger partial charge in [0.05, 0.1) is 23.9 Å². The Bertz CT molecular complexity index is 605. The average molecular weight is 361 g/mol.